The zero-order valence-electron chi connectivity index (χ0n) is 24.5. The molecule has 238 valence electrons. The minimum atomic E-state index is -1.26. The third kappa shape index (κ3) is 10.3. The Labute approximate surface area is 259 Å². The summed E-state index contributed by atoms with van der Waals surface area (Å²) in [5, 5.41) is 16.1. The van der Waals surface area contributed by atoms with Gasteiger partial charge >= 0.3 is 5.97 Å². The Morgan fingerprint density at radius 2 is 1.64 bits per heavy atom. The fourth-order valence-electron chi connectivity index (χ4n) is 3.92. The van der Waals surface area contributed by atoms with Crippen LogP contribution in [0, 0.1) is 0 Å². The van der Waals surface area contributed by atoms with E-state index in [2.05, 4.69) is 15.4 Å². The van der Waals surface area contributed by atoms with Crippen LogP contribution in [0.4, 0.5) is 0 Å². The van der Waals surface area contributed by atoms with Crippen LogP contribution in [0.1, 0.15) is 15.9 Å². The molecule has 2 aromatic heterocycles. The molecule has 0 aliphatic carbocycles. The molecule has 2 heterocycles. The van der Waals surface area contributed by atoms with Gasteiger partial charge in [0.2, 0.25) is 5.88 Å². The third-order valence-corrected chi connectivity index (χ3v) is 6.45. The molecule has 0 radical (unpaired) electrons. The topological polar surface area (TPSA) is 186 Å². The number of aryl methyl sites for hydroxylation is 1. The largest absolute Gasteiger partial charge is 0.494 e. The van der Waals surface area contributed by atoms with Crippen LogP contribution in [0.3, 0.4) is 0 Å². The smallest absolute Gasteiger partial charge is 0.326 e. The monoisotopic (exact) mass is 633 g/mol. The minimum absolute atomic E-state index is 0.00918. The van der Waals surface area contributed by atoms with Crippen molar-refractivity contribution in [2.45, 2.75) is 12.5 Å². The first-order valence-corrected chi connectivity index (χ1v) is 14.1. The molecule has 1 atom stereocenters. The average molecular weight is 634 g/mol. The minimum Gasteiger partial charge on any atom is -0.494 e. The van der Waals surface area contributed by atoms with Crippen LogP contribution in [0.2, 0.25) is 5.15 Å². The Kier molecular flexibility index (Phi) is 14.0. The average Bonchev–Trinajstić information content (AvgIpc) is 3.01. The van der Waals surface area contributed by atoms with Gasteiger partial charge in [0.05, 0.1) is 64.1 Å². The van der Waals surface area contributed by atoms with E-state index in [1.807, 2.05) is 0 Å². The number of nitrogens with two attached hydrogens (primary N) is 1. The molecule has 3 aromatic rings. The normalized spacial score (nSPS) is 11.6. The summed E-state index contributed by atoms with van der Waals surface area (Å²) >= 11 is 6.21. The van der Waals surface area contributed by atoms with E-state index < -0.39 is 17.9 Å². The predicted octanol–water partition coefficient (Wildman–Crippen LogP) is 1.32. The number of carbonyl (C=O) groups is 2. The molecule has 15 heteroatoms. The van der Waals surface area contributed by atoms with Gasteiger partial charge in [0, 0.05) is 26.1 Å². The summed E-state index contributed by atoms with van der Waals surface area (Å²) in [6, 6.07) is 8.30. The quantitative estimate of drug-likeness (QED) is 0.127. The number of amides is 1. The zero-order valence-corrected chi connectivity index (χ0v) is 25.2. The SMILES string of the molecule is COc1cnn(C)c(=O)c1-c1ccc(CC(NC(=O)c2ccc(OCCOCCOCCOCCN)nc2Cl)C(=O)O)cc1. The molecular weight excluding hydrogens is 598 g/mol. The van der Waals surface area contributed by atoms with Gasteiger partial charge in [-0.15, -0.1) is 0 Å². The summed E-state index contributed by atoms with van der Waals surface area (Å²) in [5.74, 6) is -1.45. The second kappa shape index (κ2) is 17.9. The molecule has 0 aliphatic heterocycles. The number of hydrogen-bond acceptors (Lipinski definition) is 11. The van der Waals surface area contributed by atoms with Gasteiger partial charge < -0.3 is 39.8 Å². The van der Waals surface area contributed by atoms with Crippen molar-refractivity contribution in [2.24, 2.45) is 12.8 Å². The number of aliphatic carboxylic acids is 1. The number of carboxylic acid groups (broad SMARTS) is 1. The third-order valence-electron chi connectivity index (χ3n) is 6.16. The van der Waals surface area contributed by atoms with Crippen molar-refractivity contribution in [3.8, 4) is 22.8 Å². The fraction of sp³-hybridized carbons (Fsp3) is 0.414. The molecule has 1 unspecified atom stereocenters. The van der Waals surface area contributed by atoms with E-state index in [0.29, 0.717) is 62.0 Å². The lowest BCUT2D eigenvalue weighted by Crippen LogP contribution is -2.42. The Bertz CT molecular complexity index is 1440. The molecule has 0 spiro atoms. The molecule has 44 heavy (non-hydrogen) atoms. The first-order chi connectivity index (χ1) is 21.2. The number of carbonyl (C=O) groups excluding carboxylic acids is 1. The van der Waals surface area contributed by atoms with Crippen molar-refractivity contribution in [3.05, 3.63) is 69.2 Å². The van der Waals surface area contributed by atoms with E-state index in [0.717, 1.165) is 0 Å². The second-order valence-corrected chi connectivity index (χ2v) is 9.60. The number of methoxy groups -OCH3 is 1. The molecule has 0 bridgehead atoms. The lowest BCUT2D eigenvalue weighted by molar-refractivity contribution is -0.139. The molecule has 1 amide bonds. The van der Waals surface area contributed by atoms with Crippen LogP contribution in [0.15, 0.2) is 47.4 Å². The predicted molar refractivity (Wildman–Crippen MR) is 160 cm³/mol. The van der Waals surface area contributed by atoms with Gasteiger partial charge in [-0.25, -0.2) is 14.5 Å². The van der Waals surface area contributed by atoms with Crippen LogP contribution < -0.4 is 26.1 Å². The standard InChI is InChI=1S/C29H36ClN5O9/c1-35-28(37)25(23(40-2)18-32-35)20-5-3-19(4-6-20)17-22(29(38)39)33-27(36)21-7-8-24(34-26(21)30)44-16-15-43-14-13-42-12-11-41-10-9-31/h3-8,18,22H,9-17,31H2,1-2H3,(H,33,36)(H,38,39). The summed E-state index contributed by atoms with van der Waals surface area (Å²) in [6.45, 7) is 3.15. The highest BCUT2D eigenvalue weighted by atomic mass is 35.5. The molecule has 0 saturated heterocycles. The maximum absolute atomic E-state index is 12.9. The van der Waals surface area contributed by atoms with Crippen LogP contribution >= 0.6 is 11.6 Å². The van der Waals surface area contributed by atoms with E-state index in [-0.39, 0.29) is 41.8 Å². The number of hydrogen-bond donors (Lipinski definition) is 3. The second-order valence-electron chi connectivity index (χ2n) is 9.24. The Balaban J connectivity index is 1.50. The van der Waals surface area contributed by atoms with Gasteiger partial charge in [0.25, 0.3) is 11.5 Å². The van der Waals surface area contributed by atoms with Crippen LogP contribution in [-0.2, 0) is 32.5 Å². The number of rotatable bonds is 19. The Hall–Kier alpha value is -4.08. The number of benzene rings is 1. The van der Waals surface area contributed by atoms with Crippen molar-refractivity contribution >= 4 is 23.5 Å². The van der Waals surface area contributed by atoms with Gasteiger partial charge in [-0.3, -0.25) is 9.59 Å². The summed E-state index contributed by atoms with van der Waals surface area (Å²) in [6.07, 6.45) is 1.42. The Morgan fingerprint density at radius 3 is 2.23 bits per heavy atom. The van der Waals surface area contributed by atoms with E-state index in [1.54, 1.807) is 24.3 Å². The van der Waals surface area contributed by atoms with E-state index >= 15 is 0 Å². The maximum Gasteiger partial charge on any atom is 0.326 e. The van der Waals surface area contributed by atoms with Crippen molar-refractivity contribution < 1.29 is 38.4 Å². The molecule has 0 saturated carbocycles. The first-order valence-electron chi connectivity index (χ1n) is 13.7. The summed E-state index contributed by atoms with van der Waals surface area (Å²) < 4.78 is 28.0. The Morgan fingerprint density at radius 1 is 1.00 bits per heavy atom. The number of ether oxygens (including phenoxy) is 5. The van der Waals surface area contributed by atoms with Gasteiger partial charge in [0.1, 0.15) is 17.8 Å². The molecule has 0 aliphatic rings. The molecule has 14 nitrogen and oxygen atoms in total. The molecular formula is C29H36ClN5O9. The van der Waals surface area contributed by atoms with Crippen molar-refractivity contribution in [3.63, 3.8) is 0 Å². The highest BCUT2D eigenvalue weighted by molar-refractivity contribution is 6.32. The number of nitrogens with zero attached hydrogens (tertiary/aromatic N) is 3. The lowest BCUT2D eigenvalue weighted by Gasteiger charge is -2.16. The lowest BCUT2D eigenvalue weighted by atomic mass is 10.0. The van der Waals surface area contributed by atoms with Gasteiger partial charge in [-0.05, 0) is 17.2 Å². The highest BCUT2D eigenvalue weighted by Gasteiger charge is 2.23. The van der Waals surface area contributed by atoms with Crippen LogP contribution in [0.25, 0.3) is 11.1 Å². The van der Waals surface area contributed by atoms with Crippen molar-refractivity contribution in [1.29, 1.82) is 0 Å². The van der Waals surface area contributed by atoms with Crippen LogP contribution in [0.5, 0.6) is 11.6 Å². The van der Waals surface area contributed by atoms with Crippen molar-refractivity contribution in [2.75, 3.05) is 59.9 Å². The number of nitrogens with one attached hydrogen (secondary N) is 1. The van der Waals surface area contributed by atoms with Crippen LogP contribution in [-0.4, -0.2) is 97.7 Å². The summed E-state index contributed by atoms with van der Waals surface area (Å²) in [5.41, 5.74) is 6.50. The first kappa shape index (κ1) is 34.4. The maximum atomic E-state index is 12.9. The fourth-order valence-corrected chi connectivity index (χ4v) is 4.15. The van der Waals surface area contributed by atoms with Gasteiger partial charge in [0.15, 0.2) is 5.75 Å². The van der Waals surface area contributed by atoms with Gasteiger partial charge in [-0.1, -0.05) is 35.9 Å². The summed E-state index contributed by atoms with van der Waals surface area (Å²) in [7, 11) is 2.97. The zero-order chi connectivity index (χ0) is 31.9. The van der Waals surface area contributed by atoms with Gasteiger partial charge in [-0.2, -0.15) is 5.10 Å². The molecule has 0 fully saturated rings. The highest BCUT2D eigenvalue weighted by Crippen LogP contribution is 2.26. The van der Waals surface area contributed by atoms with Crippen molar-refractivity contribution in [1.82, 2.24) is 20.1 Å². The number of carboxylic acids is 1. The number of halogens is 1. The number of aromatic nitrogens is 3. The van der Waals surface area contributed by atoms with E-state index in [4.69, 9.17) is 41.0 Å². The number of pyridine rings is 1. The van der Waals surface area contributed by atoms with E-state index in [9.17, 15) is 19.5 Å². The molecule has 1 aromatic carbocycles. The molecule has 3 rings (SSSR count). The summed E-state index contributed by atoms with van der Waals surface area (Å²) in [4.78, 5) is 41.5. The van der Waals surface area contributed by atoms with E-state index in [1.165, 1.54) is 37.2 Å². The molecule has 4 N–H and O–H groups in total.